The van der Waals surface area contributed by atoms with E-state index in [1.807, 2.05) is 28.8 Å². The second-order valence-electron chi connectivity index (χ2n) is 5.88. The third kappa shape index (κ3) is 1.83. The fraction of sp³-hybridized carbons (Fsp3) is 0.222. The molecule has 1 atom stereocenters. The standard InChI is InChI=1S/C18H15N3O3/c1-22-15-5-3-2-4-11(15)12-7-18-20-19-9-21(18)14-8-17-16(6-13(12)14)23-10-24-17/h2-6,8-9,12H,7,10H2,1H3. The Morgan fingerprint density at radius 1 is 1.12 bits per heavy atom. The van der Waals surface area contributed by atoms with Crippen LogP contribution in [0.3, 0.4) is 0 Å². The van der Waals surface area contributed by atoms with Crippen LogP contribution in [0.15, 0.2) is 42.7 Å². The Bertz CT molecular complexity index is 935. The van der Waals surface area contributed by atoms with Gasteiger partial charge in [-0.2, -0.15) is 0 Å². The third-order valence-electron chi connectivity index (χ3n) is 4.68. The summed E-state index contributed by atoms with van der Waals surface area (Å²) in [6.45, 7) is 0.257. The first-order chi connectivity index (χ1) is 11.8. The number of nitrogens with zero attached hydrogens (tertiary/aromatic N) is 3. The van der Waals surface area contributed by atoms with Crippen molar-refractivity contribution in [3.8, 4) is 22.9 Å². The van der Waals surface area contributed by atoms with E-state index < -0.39 is 0 Å². The van der Waals surface area contributed by atoms with E-state index in [-0.39, 0.29) is 12.7 Å². The number of hydrogen-bond acceptors (Lipinski definition) is 5. The highest BCUT2D eigenvalue weighted by Crippen LogP contribution is 2.45. The van der Waals surface area contributed by atoms with Crippen molar-refractivity contribution < 1.29 is 14.2 Å². The molecular formula is C18H15N3O3. The van der Waals surface area contributed by atoms with E-state index in [9.17, 15) is 0 Å². The van der Waals surface area contributed by atoms with Crippen molar-refractivity contribution in [3.63, 3.8) is 0 Å². The van der Waals surface area contributed by atoms with Gasteiger partial charge in [-0.25, -0.2) is 0 Å². The van der Waals surface area contributed by atoms with Crippen LogP contribution in [0.2, 0.25) is 0 Å². The van der Waals surface area contributed by atoms with Gasteiger partial charge in [0.15, 0.2) is 11.5 Å². The summed E-state index contributed by atoms with van der Waals surface area (Å²) in [5.74, 6) is 3.47. The Kier molecular flexibility index (Phi) is 2.79. The van der Waals surface area contributed by atoms with Crippen molar-refractivity contribution in [2.75, 3.05) is 13.9 Å². The van der Waals surface area contributed by atoms with Gasteiger partial charge in [0.05, 0.1) is 12.8 Å². The summed E-state index contributed by atoms with van der Waals surface area (Å²) in [5.41, 5.74) is 3.33. The van der Waals surface area contributed by atoms with Gasteiger partial charge in [-0.1, -0.05) is 18.2 Å². The summed E-state index contributed by atoms with van der Waals surface area (Å²) in [5, 5.41) is 8.36. The van der Waals surface area contributed by atoms with Gasteiger partial charge in [0.1, 0.15) is 17.9 Å². The van der Waals surface area contributed by atoms with Crippen LogP contribution in [0.1, 0.15) is 22.9 Å². The Morgan fingerprint density at radius 3 is 2.83 bits per heavy atom. The zero-order chi connectivity index (χ0) is 16.1. The maximum atomic E-state index is 5.58. The first-order valence-corrected chi connectivity index (χ1v) is 7.81. The minimum absolute atomic E-state index is 0.127. The lowest BCUT2D eigenvalue weighted by atomic mass is 9.84. The first kappa shape index (κ1) is 13.4. The highest BCUT2D eigenvalue weighted by Gasteiger charge is 2.31. The van der Waals surface area contributed by atoms with Gasteiger partial charge in [0.25, 0.3) is 0 Å². The smallest absolute Gasteiger partial charge is 0.231 e. The molecule has 0 bridgehead atoms. The largest absolute Gasteiger partial charge is 0.496 e. The quantitative estimate of drug-likeness (QED) is 0.726. The SMILES string of the molecule is COc1ccccc1C1Cc2nncn2-c2cc3c(cc21)OCO3. The van der Waals surface area contributed by atoms with Gasteiger partial charge in [-0.15, -0.1) is 10.2 Å². The van der Waals surface area contributed by atoms with E-state index in [1.165, 1.54) is 0 Å². The molecule has 6 nitrogen and oxygen atoms in total. The normalized spacial score (nSPS) is 17.3. The molecule has 2 aromatic carbocycles. The molecule has 2 aliphatic rings. The number of fused-ring (bicyclic) bond motifs is 4. The molecule has 0 spiro atoms. The maximum absolute atomic E-state index is 5.58. The number of rotatable bonds is 2. The lowest BCUT2D eigenvalue weighted by molar-refractivity contribution is 0.174. The minimum atomic E-state index is 0.127. The Hall–Kier alpha value is -3.02. The molecule has 3 heterocycles. The van der Waals surface area contributed by atoms with E-state index >= 15 is 0 Å². The summed E-state index contributed by atoms with van der Waals surface area (Å²) in [6, 6.07) is 12.2. The molecular weight excluding hydrogens is 306 g/mol. The van der Waals surface area contributed by atoms with Crippen LogP contribution in [0, 0.1) is 0 Å². The molecule has 2 aliphatic heterocycles. The average molecular weight is 321 g/mol. The van der Waals surface area contributed by atoms with Gasteiger partial charge in [-0.05, 0) is 17.7 Å². The van der Waals surface area contributed by atoms with E-state index in [1.54, 1.807) is 13.4 Å². The molecule has 120 valence electrons. The van der Waals surface area contributed by atoms with Crippen molar-refractivity contribution in [1.29, 1.82) is 0 Å². The lowest BCUT2D eigenvalue weighted by Gasteiger charge is -2.27. The summed E-state index contributed by atoms with van der Waals surface area (Å²) in [4.78, 5) is 0. The van der Waals surface area contributed by atoms with Gasteiger partial charge in [-0.3, -0.25) is 4.57 Å². The van der Waals surface area contributed by atoms with Crippen LogP contribution in [-0.2, 0) is 6.42 Å². The highest BCUT2D eigenvalue weighted by molar-refractivity contribution is 5.61. The highest BCUT2D eigenvalue weighted by atomic mass is 16.7. The van der Waals surface area contributed by atoms with E-state index in [4.69, 9.17) is 14.2 Å². The number of aromatic nitrogens is 3. The maximum Gasteiger partial charge on any atom is 0.231 e. The number of hydrogen-bond donors (Lipinski definition) is 0. The predicted molar refractivity (Wildman–Crippen MR) is 86.0 cm³/mol. The average Bonchev–Trinajstić information content (AvgIpc) is 3.27. The van der Waals surface area contributed by atoms with Crippen molar-refractivity contribution in [1.82, 2.24) is 14.8 Å². The summed E-state index contributed by atoms with van der Waals surface area (Å²) in [7, 11) is 1.70. The van der Waals surface area contributed by atoms with Crippen LogP contribution in [0.4, 0.5) is 0 Å². The van der Waals surface area contributed by atoms with Crippen LogP contribution in [-0.4, -0.2) is 28.7 Å². The van der Waals surface area contributed by atoms with Crippen molar-refractivity contribution in [2.45, 2.75) is 12.3 Å². The van der Waals surface area contributed by atoms with Gasteiger partial charge < -0.3 is 14.2 Å². The molecule has 0 fully saturated rings. The summed E-state index contributed by atoms with van der Waals surface area (Å²) < 4.78 is 18.7. The van der Waals surface area contributed by atoms with Crippen molar-refractivity contribution in [2.24, 2.45) is 0 Å². The molecule has 1 unspecified atom stereocenters. The number of benzene rings is 2. The molecule has 6 heteroatoms. The van der Waals surface area contributed by atoms with E-state index in [2.05, 4.69) is 22.3 Å². The molecule has 0 saturated carbocycles. The van der Waals surface area contributed by atoms with Crippen LogP contribution >= 0.6 is 0 Å². The van der Waals surface area contributed by atoms with Crippen molar-refractivity contribution >= 4 is 0 Å². The van der Waals surface area contributed by atoms with Crippen molar-refractivity contribution in [3.05, 3.63) is 59.7 Å². The van der Waals surface area contributed by atoms with Crippen LogP contribution in [0.5, 0.6) is 17.2 Å². The van der Waals surface area contributed by atoms with E-state index in [0.29, 0.717) is 0 Å². The molecule has 24 heavy (non-hydrogen) atoms. The van der Waals surface area contributed by atoms with E-state index in [0.717, 1.165) is 46.3 Å². The third-order valence-corrected chi connectivity index (χ3v) is 4.68. The molecule has 3 aromatic rings. The molecule has 0 aliphatic carbocycles. The number of para-hydroxylation sites is 1. The molecule has 0 amide bonds. The van der Waals surface area contributed by atoms with Gasteiger partial charge in [0.2, 0.25) is 6.79 Å². The fourth-order valence-corrected chi connectivity index (χ4v) is 3.56. The molecule has 5 rings (SSSR count). The summed E-state index contributed by atoms with van der Waals surface area (Å²) in [6.07, 6.45) is 2.50. The Balaban J connectivity index is 1.75. The van der Waals surface area contributed by atoms with Gasteiger partial charge in [0, 0.05) is 24.0 Å². The molecule has 0 saturated heterocycles. The van der Waals surface area contributed by atoms with Crippen LogP contribution < -0.4 is 14.2 Å². The van der Waals surface area contributed by atoms with Gasteiger partial charge >= 0.3 is 0 Å². The van der Waals surface area contributed by atoms with Crippen LogP contribution in [0.25, 0.3) is 5.69 Å². The second kappa shape index (κ2) is 4.99. The fourth-order valence-electron chi connectivity index (χ4n) is 3.56. The Labute approximate surface area is 138 Å². The number of methoxy groups -OCH3 is 1. The molecule has 0 N–H and O–H groups in total. The molecule has 1 aromatic heterocycles. The second-order valence-corrected chi connectivity index (χ2v) is 5.88. The number of ether oxygens (including phenoxy) is 3. The minimum Gasteiger partial charge on any atom is -0.496 e. The topological polar surface area (TPSA) is 58.4 Å². The zero-order valence-corrected chi connectivity index (χ0v) is 13.1. The predicted octanol–water partition coefficient (Wildman–Crippen LogP) is 2.69. The zero-order valence-electron chi connectivity index (χ0n) is 13.1. The molecule has 0 radical (unpaired) electrons. The summed E-state index contributed by atoms with van der Waals surface area (Å²) >= 11 is 0. The lowest BCUT2D eigenvalue weighted by Crippen LogP contribution is -2.18. The first-order valence-electron chi connectivity index (χ1n) is 7.81. The Morgan fingerprint density at radius 2 is 1.96 bits per heavy atom. The monoisotopic (exact) mass is 321 g/mol.